The Morgan fingerprint density at radius 2 is 2.00 bits per heavy atom. The molecule has 0 spiro atoms. The molecule has 166 valence electrons. The summed E-state index contributed by atoms with van der Waals surface area (Å²) in [6.45, 7) is 3.31. The van der Waals surface area contributed by atoms with Gasteiger partial charge in [0.05, 0.1) is 17.1 Å². The van der Waals surface area contributed by atoms with E-state index < -0.39 is 28.9 Å². The molecule has 3 aromatic rings. The van der Waals surface area contributed by atoms with E-state index in [4.69, 9.17) is 16.0 Å². The van der Waals surface area contributed by atoms with E-state index in [1.54, 1.807) is 13.8 Å². The fraction of sp³-hybridized carbons (Fsp3) is 0.348. The van der Waals surface area contributed by atoms with Gasteiger partial charge >= 0.3 is 5.97 Å². The normalized spacial score (nSPS) is 24.5. The molecule has 6 rings (SSSR count). The molecule has 1 atom stereocenters. The quantitative estimate of drug-likeness (QED) is 0.502. The molecule has 0 saturated heterocycles. The van der Waals surface area contributed by atoms with Crippen molar-refractivity contribution in [2.24, 2.45) is 0 Å². The highest BCUT2D eigenvalue weighted by atomic mass is 35.5. The zero-order chi connectivity index (χ0) is 23.0. The van der Waals surface area contributed by atoms with Crippen LogP contribution in [-0.4, -0.2) is 21.7 Å². The molecule has 0 unspecified atom stereocenters. The molecule has 3 saturated carbocycles. The molecule has 32 heavy (non-hydrogen) atoms. The number of halogens is 3. The summed E-state index contributed by atoms with van der Waals surface area (Å²) in [6.07, 6.45) is 0.952. The van der Waals surface area contributed by atoms with E-state index in [1.807, 2.05) is 0 Å². The average Bonchev–Trinajstić information content (AvgIpc) is 2.68. The number of nitrogens with zero attached hydrogens (tertiary/aromatic N) is 1. The number of hydrogen-bond acceptors (Lipinski definition) is 5. The van der Waals surface area contributed by atoms with Gasteiger partial charge in [0.15, 0.2) is 11.1 Å². The van der Waals surface area contributed by atoms with Crippen LogP contribution < -0.4 is 10.7 Å². The molecule has 1 aromatic carbocycles. The van der Waals surface area contributed by atoms with Gasteiger partial charge in [-0.05, 0) is 57.4 Å². The Bertz CT molecular complexity index is 1350. The lowest BCUT2D eigenvalue weighted by Crippen LogP contribution is -2.67. The van der Waals surface area contributed by atoms with Gasteiger partial charge in [0.2, 0.25) is 0 Å². The highest BCUT2D eigenvalue weighted by Gasteiger charge is 2.71. The number of benzene rings is 1. The van der Waals surface area contributed by atoms with Gasteiger partial charge < -0.3 is 14.8 Å². The molecule has 2 N–H and O–H groups in total. The number of nitrogens with one attached hydrogen (secondary N) is 1. The lowest BCUT2D eigenvalue weighted by molar-refractivity contribution is -0.167. The number of pyridine rings is 1. The van der Waals surface area contributed by atoms with Gasteiger partial charge in [0.25, 0.3) is 0 Å². The molecule has 2 heterocycles. The molecule has 3 aliphatic rings. The summed E-state index contributed by atoms with van der Waals surface area (Å²) >= 11 is 5.81. The van der Waals surface area contributed by atoms with Crippen molar-refractivity contribution in [3.05, 3.63) is 68.0 Å². The van der Waals surface area contributed by atoms with Crippen molar-refractivity contribution in [3.63, 3.8) is 0 Å². The maximum Gasteiger partial charge on any atom is 0.356 e. The first kappa shape index (κ1) is 20.9. The summed E-state index contributed by atoms with van der Waals surface area (Å²) < 4.78 is 34.8. The monoisotopic (exact) mass is 460 g/mol. The summed E-state index contributed by atoms with van der Waals surface area (Å²) in [5.41, 5.74) is -1.21. The molecule has 0 amide bonds. The molecular weight excluding hydrogens is 442 g/mol. The largest absolute Gasteiger partial charge is 0.476 e. The van der Waals surface area contributed by atoms with E-state index in [9.17, 15) is 23.5 Å². The van der Waals surface area contributed by atoms with Crippen LogP contribution in [0, 0.1) is 12.7 Å². The van der Waals surface area contributed by atoms with Crippen molar-refractivity contribution in [2.45, 2.75) is 50.2 Å². The van der Waals surface area contributed by atoms with Crippen molar-refractivity contribution in [3.8, 4) is 0 Å². The first-order valence-electron chi connectivity index (χ1n) is 10.1. The van der Waals surface area contributed by atoms with Crippen LogP contribution in [0.25, 0.3) is 11.0 Å². The maximum absolute atomic E-state index is 14.5. The van der Waals surface area contributed by atoms with Crippen molar-refractivity contribution < 1.29 is 23.1 Å². The van der Waals surface area contributed by atoms with Gasteiger partial charge in [-0.15, -0.1) is 0 Å². The molecule has 9 heteroatoms. The van der Waals surface area contributed by atoms with Crippen LogP contribution in [0.1, 0.15) is 59.6 Å². The fourth-order valence-corrected chi connectivity index (χ4v) is 5.29. The van der Waals surface area contributed by atoms with Gasteiger partial charge in [-0.2, -0.15) is 0 Å². The van der Waals surface area contributed by atoms with E-state index in [1.165, 1.54) is 18.2 Å². The van der Waals surface area contributed by atoms with Crippen molar-refractivity contribution >= 4 is 34.2 Å². The van der Waals surface area contributed by atoms with Gasteiger partial charge in [-0.1, -0.05) is 11.6 Å². The Kier molecular flexibility index (Phi) is 4.40. The number of alkyl halides is 1. The first-order valence-corrected chi connectivity index (χ1v) is 10.5. The van der Waals surface area contributed by atoms with Gasteiger partial charge in [-0.3, -0.25) is 4.79 Å². The summed E-state index contributed by atoms with van der Waals surface area (Å²) in [7, 11) is 0. The lowest BCUT2D eigenvalue weighted by Gasteiger charge is -2.65. The zero-order valence-corrected chi connectivity index (χ0v) is 18.0. The van der Waals surface area contributed by atoms with Crippen LogP contribution in [0.15, 0.2) is 33.5 Å². The Balaban J connectivity index is 1.62. The van der Waals surface area contributed by atoms with E-state index in [-0.39, 0.29) is 32.9 Å². The standard InChI is InChI=1S/C23H19ClF2N2O4/c1-10-18(29)14-6-12(25)5-13(19(14)32-20(10)22-7-23(26,8-22)9-22)11(2)27-15-3-4-16(24)28-17(15)21(30)31/h3-6,11,27H,7-9H2,1-2H3,(H,30,31)/t11-,22?,23?/m1/s1. The second-order valence-electron chi connectivity index (χ2n) is 8.92. The molecule has 3 aliphatic carbocycles. The Morgan fingerprint density at radius 3 is 2.62 bits per heavy atom. The van der Waals surface area contributed by atoms with Gasteiger partial charge in [-0.25, -0.2) is 18.6 Å². The highest BCUT2D eigenvalue weighted by Crippen LogP contribution is 2.70. The summed E-state index contributed by atoms with van der Waals surface area (Å²) in [4.78, 5) is 28.4. The predicted octanol–water partition coefficient (Wildman–Crippen LogP) is 5.30. The second kappa shape index (κ2) is 6.75. The summed E-state index contributed by atoms with van der Waals surface area (Å²) in [6, 6.07) is 4.62. The number of aromatic nitrogens is 1. The number of fused-ring (bicyclic) bond motifs is 1. The summed E-state index contributed by atoms with van der Waals surface area (Å²) in [5, 5.41) is 12.5. The minimum Gasteiger partial charge on any atom is -0.476 e. The maximum atomic E-state index is 14.5. The fourth-order valence-electron chi connectivity index (χ4n) is 5.14. The molecule has 2 bridgehead atoms. The van der Waals surface area contributed by atoms with Crippen LogP contribution in [0.2, 0.25) is 5.15 Å². The molecule has 6 nitrogen and oxygen atoms in total. The molecule has 0 aliphatic heterocycles. The average molecular weight is 461 g/mol. The van der Waals surface area contributed by atoms with Crippen molar-refractivity contribution in [2.75, 3.05) is 5.32 Å². The third-order valence-corrected chi connectivity index (χ3v) is 6.77. The molecular formula is C23H19ClF2N2O4. The van der Waals surface area contributed by atoms with Crippen LogP contribution in [-0.2, 0) is 5.41 Å². The third-order valence-electron chi connectivity index (χ3n) is 6.56. The Morgan fingerprint density at radius 1 is 1.31 bits per heavy atom. The Hall–Kier alpha value is -3.00. The zero-order valence-electron chi connectivity index (χ0n) is 17.3. The first-order chi connectivity index (χ1) is 15.0. The Labute approximate surface area is 186 Å². The number of carboxylic acid groups (broad SMARTS) is 1. The van der Waals surface area contributed by atoms with Crippen LogP contribution in [0.5, 0.6) is 0 Å². The number of aromatic carboxylic acids is 1. The number of rotatable bonds is 5. The second-order valence-corrected chi connectivity index (χ2v) is 9.31. The van der Waals surface area contributed by atoms with E-state index in [0.29, 0.717) is 36.1 Å². The molecule has 0 radical (unpaired) electrons. The summed E-state index contributed by atoms with van der Waals surface area (Å²) in [5.74, 6) is -1.45. The van der Waals surface area contributed by atoms with Crippen molar-refractivity contribution in [1.82, 2.24) is 4.98 Å². The van der Waals surface area contributed by atoms with Crippen LogP contribution in [0.4, 0.5) is 14.5 Å². The predicted molar refractivity (Wildman–Crippen MR) is 115 cm³/mol. The minimum absolute atomic E-state index is 0.0205. The van der Waals surface area contributed by atoms with Crippen molar-refractivity contribution in [1.29, 1.82) is 0 Å². The van der Waals surface area contributed by atoms with E-state index in [2.05, 4.69) is 10.3 Å². The van der Waals surface area contributed by atoms with Gasteiger partial charge in [0, 0.05) is 16.5 Å². The van der Waals surface area contributed by atoms with Crippen LogP contribution >= 0.6 is 11.6 Å². The lowest BCUT2D eigenvalue weighted by atomic mass is 9.41. The van der Waals surface area contributed by atoms with Gasteiger partial charge in [0.1, 0.15) is 28.0 Å². The van der Waals surface area contributed by atoms with E-state index >= 15 is 0 Å². The smallest absolute Gasteiger partial charge is 0.356 e. The third kappa shape index (κ3) is 3.00. The highest BCUT2D eigenvalue weighted by molar-refractivity contribution is 6.29. The number of carbonyl (C=O) groups is 1. The van der Waals surface area contributed by atoms with Crippen LogP contribution in [0.3, 0.4) is 0 Å². The SMILES string of the molecule is Cc1c(C23CC(F)(C2)C3)oc2c([C@@H](C)Nc3ccc(Cl)nc3C(=O)O)cc(F)cc2c1=O. The molecule has 3 fully saturated rings. The topological polar surface area (TPSA) is 92.4 Å². The number of anilines is 1. The minimum atomic E-state index is -1.28. The van der Waals surface area contributed by atoms with E-state index in [0.717, 1.165) is 6.07 Å². The molecule has 2 aromatic heterocycles. The number of carboxylic acids is 1. The number of hydrogen-bond donors (Lipinski definition) is 2.